The van der Waals surface area contributed by atoms with E-state index in [1.54, 1.807) is 18.2 Å². The zero-order chi connectivity index (χ0) is 17.9. The van der Waals surface area contributed by atoms with E-state index in [1.807, 2.05) is 48.5 Å². The zero-order valence-electron chi connectivity index (χ0n) is 13.8. The molecule has 2 aromatic heterocycles. The number of fused-ring (bicyclic) bond motifs is 1. The number of nitrogens with one attached hydrogen (secondary N) is 1. The second-order valence-corrected chi connectivity index (χ2v) is 6.99. The standard InChI is InChI=1S/C21H15NO3S/c23-20(18-6-3-11-25-18)19-10-9-17(26-19)13-22-21(24)16-8-7-14-4-1-2-5-15(14)12-16/h1-12H,13H2,(H,22,24). The molecule has 0 bridgehead atoms. The summed E-state index contributed by atoms with van der Waals surface area (Å²) in [6.45, 7) is 0.377. The van der Waals surface area contributed by atoms with E-state index in [4.69, 9.17) is 4.42 Å². The van der Waals surface area contributed by atoms with Crippen molar-refractivity contribution in [1.82, 2.24) is 5.32 Å². The first-order valence-corrected chi connectivity index (χ1v) is 8.96. The van der Waals surface area contributed by atoms with E-state index in [-0.39, 0.29) is 11.7 Å². The van der Waals surface area contributed by atoms with Crippen molar-refractivity contribution in [1.29, 1.82) is 0 Å². The molecule has 4 rings (SSSR count). The Morgan fingerprint density at radius 2 is 1.77 bits per heavy atom. The molecule has 5 heteroatoms. The van der Waals surface area contributed by atoms with E-state index < -0.39 is 0 Å². The first kappa shape index (κ1) is 16.3. The number of hydrogen-bond acceptors (Lipinski definition) is 4. The Hall–Kier alpha value is -3.18. The van der Waals surface area contributed by atoms with Crippen molar-refractivity contribution in [3.05, 3.63) is 94.1 Å². The molecular weight excluding hydrogens is 346 g/mol. The third-order valence-corrected chi connectivity index (χ3v) is 5.15. The van der Waals surface area contributed by atoms with Crippen LogP contribution in [0.4, 0.5) is 0 Å². The smallest absolute Gasteiger partial charge is 0.251 e. The molecule has 1 N–H and O–H groups in total. The summed E-state index contributed by atoms with van der Waals surface area (Å²) in [7, 11) is 0. The predicted octanol–water partition coefficient (Wildman–Crippen LogP) is 4.66. The van der Waals surface area contributed by atoms with E-state index in [1.165, 1.54) is 17.6 Å². The van der Waals surface area contributed by atoms with Gasteiger partial charge in [-0.3, -0.25) is 9.59 Å². The number of benzene rings is 2. The molecule has 0 saturated heterocycles. The Bertz CT molecular complexity index is 1080. The highest BCUT2D eigenvalue weighted by molar-refractivity contribution is 7.14. The molecule has 0 atom stereocenters. The molecular formula is C21H15NO3S. The number of ketones is 1. The summed E-state index contributed by atoms with van der Waals surface area (Å²) < 4.78 is 5.14. The maximum atomic E-state index is 12.4. The Balaban J connectivity index is 1.43. The first-order chi connectivity index (χ1) is 12.7. The highest BCUT2D eigenvalue weighted by Gasteiger charge is 2.15. The second kappa shape index (κ2) is 6.98. The average Bonchev–Trinajstić information content (AvgIpc) is 3.37. The van der Waals surface area contributed by atoms with Crippen LogP contribution in [0.2, 0.25) is 0 Å². The van der Waals surface area contributed by atoms with Gasteiger partial charge in [-0.05, 0) is 47.2 Å². The van der Waals surface area contributed by atoms with E-state index in [0.29, 0.717) is 22.7 Å². The number of carbonyl (C=O) groups is 2. The van der Waals surface area contributed by atoms with Crippen molar-refractivity contribution >= 4 is 33.8 Å². The summed E-state index contributed by atoms with van der Waals surface area (Å²) in [5, 5.41) is 5.03. The van der Waals surface area contributed by atoms with Crippen LogP contribution in [0, 0.1) is 0 Å². The van der Waals surface area contributed by atoms with Gasteiger partial charge in [0.05, 0.1) is 17.7 Å². The summed E-state index contributed by atoms with van der Waals surface area (Å²) >= 11 is 1.35. The first-order valence-electron chi connectivity index (χ1n) is 8.14. The van der Waals surface area contributed by atoms with E-state index in [9.17, 15) is 9.59 Å². The van der Waals surface area contributed by atoms with Gasteiger partial charge in [-0.15, -0.1) is 11.3 Å². The number of furan rings is 1. The normalized spacial score (nSPS) is 10.8. The van der Waals surface area contributed by atoms with Gasteiger partial charge in [-0.1, -0.05) is 30.3 Å². The number of hydrogen-bond donors (Lipinski definition) is 1. The Morgan fingerprint density at radius 3 is 2.58 bits per heavy atom. The Kier molecular flexibility index (Phi) is 4.37. The van der Waals surface area contributed by atoms with Crippen LogP contribution < -0.4 is 5.32 Å². The van der Waals surface area contributed by atoms with Gasteiger partial charge in [0.2, 0.25) is 5.78 Å². The van der Waals surface area contributed by atoms with Crippen LogP contribution in [0.3, 0.4) is 0 Å². The van der Waals surface area contributed by atoms with Crippen molar-refractivity contribution in [2.45, 2.75) is 6.54 Å². The summed E-state index contributed by atoms with van der Waals surface area (Å²) in [5.74, 6) is 0.0359. The minimum atomic E-state index is -0.146. The molecule has 0 aliphatic heterocycles. The molecule has 2 aromatic carbocycles. The Labute approximate surface area is 154 Å². The van der Waals surface area contributed by atoms with Crippen LogP contribution >= 0.6 is 11.3 Å². The van der Waals surface area contributed by atoms with Crippen LogP contribution in [-0.2, 0) is 6.54 Å². The molecule has 0 saturated carbocycles. The van der Waals surface area contributed by atoms with Crippen molar-refractivity contribution in [2.75, 3.05) is 0 Å². The molecule has 0 spiro atoms. The third-order valence-electron chi connectivity index (χ3n) is 4.07. The molecule has 128 valence electrons. The van der Waals surface area contributed by atoms with Gasteiger partial charge in [0.1, 0.15) is 0 Å². The zero-order valence-corrected chi connectivity index (χ0v) is 14.6. The van der Waals surface area contributed by atoms with E-state index in [0.717, 1.165) is 15.6 Å². The van der Waals surface area contributed by atoms with Crippen molar-refractivity contribution in [2.24, 2.45) is 0 Å². The number of thiophene rings is 1. The fourth-order valence-corrected chi connectivity index (χ4v) is 3.62. The molecule has 0 fully saturated rings. The van der Waals surface area contributed by atoms with Crippen LogP contribution in [-0.4, -0.2) is 11.7 Å². The van der Waals surface area contributed by atoms with Gasteiger partial charge >= 0.3 is 0 Å². The average molecular weight is 361 g/mol. The quantitative estimate of drug-likeness (QED) is 0.526. The molecule has 0 unspecified atom stereocenters. The molecule has 4 nitrogen and oxygen atoms in total. The third kappa shape index (κ3) is 3.30. The SMILES string of the molecule is O=C(NCc1ccc(C(=O)c2ccco2)s1)c1ccc2ccccc2c1. The van der Waals surface area contributed by atoms with Crippen molar-refractivity contribution in [3.63, 3.8) is 0 Å². The molecule has 0 aliphatic carbocycles. The lowest BCUT2D eigenvalue weighted by Gasteiger charge is -2.05. The highest BCUT2D eigenvalue weighted by Crippen LogP contribution is 2.21. The van der Waals surface area contributed by atoms with Gasteiger partial charge in [0.15, 0.2) is 5.76 Å². The number of amides is 1. The molecule has 4 aromatic rings. The lowest BCUT2D eigenvalue weighted by Crippen LogP contribution is -2.22. The molecule has 0 radical (unpaired) electrons. The lowest BCUT2D eigenvalue weighted by molar-refractivity contribution is 0.0950. The minimum Gasteiger partial charge on any atom is -0.461 e. The summed E-state index contributed by atoms with van der Waals surface area (Å²) in [6, 6.07) is 20.5. The Morgan fingerprint density at radius 1 is 0.923 bits per heavy atom. The maximum absolute atomic E-state index is 12.4. The van der Waals surface area contributed by atoms with Crippen LogP contribution in [0.1, 0.15) is 30.7 Å². The fourth-order valence-electron chi connectivity index (χ4n) is 2.72. The molecule has 26 heavy (non-hydrogen) atoms. The van der Waals surface area contributed by atoms with Crippen molar-refractivity contribution < 1.29 is 14.0 Å². The van der Waals surface area contributed by atoms with E-state index >= 15 is 0 Å². The predicted molar refractivity (Wildman–Crippen MR) is 102 cm³/mol. The van der Waals surface area contributed by atoms with Gasteiger partial charge in [0, 0.05) is 10.4 Å². The van der Waals surface area contributed by atoms with Gasteiger partial charge in [-0.2, -0.15) is 0 Å². The summed E-state index contributed by atoms with van der Waals surface area (Å²) in [6.07, 6.45) is 1.48. The molecule has 1 amide bonds. The van der Waals surface area contributed by atoms with Crippen LogP contribution in [0.5, 0.6) is 0 Å². The van der Waals surface area contributed by atoms with Gasteiger partial charge < -0.3 is 9.73 Å². The van der Waals surface area contributed by atoms with Crippen molar-refractivity contribution in [3.8, 4) is 0 Å². The highest BCUT2D eigenvalue weighted by atomic mass is 32.1. The van der Waals surface area contributed by atoms with Crippen LogP contribution in [0.15, 0.2) is 77.4 Å². The molecule has 0 aliphatic rings. The second-order valence-electron chi connectivity index (χ2n) is 5.82. The number of rotatable bonds is 5. The van der Waals surface area contributed by atoms with Gasteiger partial charge in [-0.25, -0.2) is 0 Å². The van der Waals surface area contributed by atoms with Crippen LogP contribution in [0.25, 0.3) is 10.8 Å². The summed E-state index contributed by atoms with van der Waals surface area (Å²) in [4.78, 5) is 26.1. The number of carbonyl (C=O) groups excluding carboxylic acids is 2. The van der Waals surface area contributed by atoms with E-state index in [2.05, 4.69) is 5.32 Å². The van der Waals surface area contributed by atoms with Gasteiger partial charge in [0.25, 0.3) is 5.91 Å². The molecule has 2 heterocycles. The fraction of sp³-hybridized carbons (Fsp3) is 0.0476. The largest absolute Gasteiger partial charge is 0.461 e. The summed E-state index contributed by atoms with van der Waals surface area (Å²) in [5.41, 5.74) is 0.618. The monoisotopic (exact) mass is 361 g/mol. The minimum absolute atomic E-state index is 0.136. The topological polar surface area (TPSA) is 59.3 Å². The maximum Gasteiger partial charge on any atom is 0.251 e. The lowest BCUT2D eigenvalue weighted by atomic mass is 10.1.